The predicted octanol–water partition coefficient (Wildman–Crippen LogP) is 0.978. The molecule has 1 heterocycles. The van der Waals surface area contributed by atoms with E-state index in [1.165, 1.54) is 20.8 Å². The first-order chi connectivity index (χ1) is 10.8. The van der Waals surface area contributed by atoms with E-state index in [9.17, 15) is 14.4 Å². The maximum atomic E-state index is 11.4. The fourth-order valence-corrected chi connectivity index (χ4v) is 3.09. The van der Waals surface area contributed by atoms with Crippen molar-refractivity contribution in [3.63, 3.8) is 0 Å². The summed E-state index contributed by atoms with van der Waals surface area (Å²) in [5.74, 6) is -1.57. The van der Waals surface area contributed by atoms with Gasteiger partial charge in [0.05, 0.1) is 0 Å². The first-order valence-electron chi connectivity index (χ1n) is 7.15. The number of rotatable bonds is 6. The van der Waals surface area contributed by atoms with Gasteiger partial charge in [-0.2, -0.15) is 0 Å². The highest BCUT2D eigenvalue weighted by Gasteiger charge is 2.49. The molecule has 5 atom stereocenters. The smallest absolute Gasteiger partial charge is 0.303 e. The molecule has 5 unspecified atom stereocenters. The molecular weight excluding hydrogens is 423 g/mol. The van der Waals surface area contributed by atoms with Crippen molar-refractivity contribution in [3.8, 4) is 0 Å². The van der Waals surface area contributed by atoms with E-state index in [-0.39, 0.29) is 6.61 Å². The summed E-state index contributed by atoms with van der Waals surface area (Å²) in [6.45, 7) is 5.81. The van der Waals surface area contributed by atoms with E-state index < -0.39 is 46.4 Å². The Kier molecular flexibility index (Phi) is 8.20. The van der Waals surface area contributed by atoms with Crippen molar-refractivity contribution in [3.05, 3.63) is 0 Å². The van der Waals surface area contributed by atoms with Crippen molar-refractivity contribution in [2.45, 2.75) is 56.2 Å². The molecule has 23 heavy (non-hydrogen) atoms. The molecule has 1 aliphatic rings. The van der Waals surface area contributed by atoms with Crippen LogP contribution in [0.1, 0.15) is 27.7 Å². The van der Waals surface area contributed by atoms with Crippen LogP contribution in [0.4, 0.5) is 0 Å². The van der Waals surface area contributed by atoms with Crippen LogP contribution in [0.25, 0.3) is 0 Å². The summed E-state index contributed by atoms with van der Waals surface area (Å²) >= 11 is 2.03. The largest absolute Gasteiger partial charge is 0.463 e. The minimum Gasteiger partial charge on any atom is -0.463 e. The zero-order valence-electron chi connectivity index (χ0n) is 13.4. The Hall–Kier alpha value is -0.940. The number of halogens is 1. The Morgan fingerprint density at radius 1 is 1.00 bits per heavy atom. The van der Waals surface area contributed by atoms with Gasteiger partial charge in [0.2, 0.25) is 0 Å². The number of alkyl halides is 1. The summed E-state index contributed by atoms with van der Waals surface area (Å²) in [6.07, 6.45) is -3.15. The molecule has 0 spiro atoms. The van der Waals surface area contributed by atoms with Crippen LogP contribution >= 0.6 is 22.6 Å². The van der Waals surface area contributed by atoms with Crippen LogP contribution in [0.15, 0.2) is 0 Å². The number of carbonyl (C=O) groups is 3. The third-order valence-corrected chi connectivity index (χ3v) is 4.25. The third kappa shape index (κ3) is 6.22. The number of carbonyl (C=O) groups excluding carboxylic acids is 3. The van der Waals surface area contributed by atoms with E-state index in [0.717, 1.165) is 0 Å². The lowest BCUT2D eigenvalue weighted by Gasteiger charge is -2.42. The summed E-state index contributed by atoms with van der Waals surface area (Å²) in [4.78, 5) is 33.8. The lowest BCUT2D eigenvalue weighted by atomic mass is 10.0. The van der Waals surface area contributed by atoms with Gasteiger partial charge < -0.3 is 23.7 Å². The number of esters is 3. The Morgan fingerprint density at radius 3 is 2.04 bits per heavy atom. The standard InChI is InChI=1S/C14H21IO8/c1-5-19-14-11(15)13(22-9(4)18)12(21-8(3)17)10(23-14)6-20-7(2)16/h10-14H,5-6H2,1-4H3. The van der Waals surface area contributed by atoms with E-state index in [1.54, 1.807) is 6.92 Å². The summed E-state index contributed by atoms with van der Waals surface area (Å²) in [7, 11) is 0. The van der Waals surface area contributed by atoms with Gasteiger partial charge in [-0.15, -0.1) is 0 Å². The van der Waals surface area contributed by atoms with Crippen LogP contribution in [-0.2, 0) is 38.1 Å². The molecule has 9 heteroatoms. The van der Waals surface area contributed by atoms with Crippen LogP contribution in [-0.4, -0.2) is 59.6 Å². The molecule has 0 N–H and O–H groups in total. The van der Waals surface area contributed by atoms with Gasteiger partial charge >= 0.3 is 17.9 Å². The molecule has 1 fully saturated rings. The minimum atomic E-state index is -0.894. The van der Waals surface area contributed by atoms with Crippen molar-refractivity contribution in [1.29, 1.82) is 0 Å². The number of hydrogen-bond donors (Lipinski definition) is 0. The molecule has 0 aliphatic carbocycles. The molecule has 132 valence electrons. The van der Waals surface area contributed by atoms with Crippen molar-refractivity contribution < 1.29 is 38.1 Å². The molecule has 1 saturated heterocycles. The Morgan fingerprint density at radius 2 is 1.57 bits per heavy atom. The van der Waals surface area contributed by atoms with Crippen LogP contribution < -0.4 is 0 Å². The predicted molar refractivity (Wildman–Crippen MR) is 85.8 cm³/mol. The molecule has 0 aromatic carbocycles. The Labute approximate surface area is 148 Å². The lowest BCUT2D eigenvalue weighted by Crippen LogP contribution is -2.60. The lowest BCUT2D eigenvalue weighted by molar-refractivity contribution is -0.258. The van der Waals surface area contributed by atoms with Gasteiger partial charge in [0.25, 0.3) is 0 Å². The summed E-state index contributed by atoms with van der Waals surface area (Å²) in [5, 5.41) is 0. The maximum absolute atomic E-state index is 11.4. The zero-order chi connectivity index (χ0) is 17.6. The summed E-state index contributed by atoms with van der Waals surface area (Å²) in [6, 6.07) is 0. The second-order valence-electron chi connectivity index (χ2n) is 4.89. The molecule has 0 bridgehead atoms. The minimum absolute atomic E-state index is 0.141. The molecule has 0 saturated carbocycles. The fourth-order valence-electron chi connectivity index (χ4n) is 2.16. The molecule has 0 radical (unpaired) electrons. The molecule has 1 aliphatic heterocycles. The molecule has 0 aromatic heterocycles. The van der Waals surface area contributed by atoms with E-state index in [4.69, 9.17) is 23.7 Å². The average Bonchev–Trinajstić information content (AvgIpc) is 2.43. The summed E-state index contributed by atoms with van der Waals surface area (Å²) in [5.41, 5.74) is 0. The second-order valence-corrected chi connectivity index (χ2v) is 6.33. The van der Waals surface area contributed by atoms with E-state index in [1.807, 2.05) is 22.6 Å². The topological polar surface area (TPSA) is 97.4 Å². The highest BCUT2D eigenvalue weighted by molar-refractivity contribution is 14.1. The van der Waals surface area contributed by atoms with Gasteiger partial charge in [-0.1, -0.05) is 22.6 Å². The van der Waals surface area contributed by atoms with Gasteiger partial charge in [0, 0.05) is 27.4 Å². The Bertz CT molecular complexity index is 440. The number of ether oxygens (including phenoxy) is 5. The SMILES string of the molecule is CCOC1OC(COC(C)=O)C(OC(C)=O)C(OC(C)=O)C1I. The summed E-state index contributed by atoms with van der Waals surface area (Å²) < 4.78 is 26.4. The monoisotopic (exact) mass is 444 g/mol. The van der Waals surface area contributed by atoms with E-state index in [0.29, 0.717) is 6.61 Å². The van der Waals surface area contributed by atoms with Crippen LogP contribution in [0, 0.1) is 0 Å². The zero-order valence-corrected chi connectivity index (χ0v) is 15.6. The van der Waals surface area contributed by atoms with Gasteiger partial charge in [-0.05, 0) is 6.92 Å². The second kappa shape index (κ2) is 9.38. The normalized spacial score (nSPS) is 30.4. The first-order valence-corrected chi connectivity index (χ1v) is 8.39. The van der Waals surface area contributed by atoms with Crippen LogP contribution in [0.5, 0.6) is 0 Å². The van der Waals surface area contributed by atoms with Crippen LogP contribution in [0.3, 0.4) is 0 Å². The fraction of sp³-hybridized carbons (Fsp3) is 0.786. The van der Waals surface area contributed by atoms with Gasteiger partial charge in [0.1, 0.15) is 16.6 Å². The molecule has 1 rings (SSSR count). The third-order valence-electron chi connectivity index (χ3n) is 2.96. The molecule has 8 nitrogen and oxygen atoms in total. The van der Waals surface area contributed by atoms with Crippen molar-refractivity contribution in [1.82, 2.24) is 0 Å². The quantitative estimate of drug-likeness (QED) is 0.259. The van der Waals surface area contributed by atoms with E-state index >= 15 is 0 Å². The Balaban J connectivity index is 3.02. The van der Waals surface area contributed by atoms with Gasteiger partial charge in [0.15, 0.2) is 18.5 Å². The van der Waals surface area contributed by atoms with Gasteiger partial charge in [-0.25, -0.2) is 0 Å². The van der Waals surface area contributed by atoms with Crippen molar-refractivity contribution in [2.75, 3.05) is 13.2 Å². The average molecular weight is 444 g/mol. The van der Waals surface area contributed by atoms with Crippen molar-refractivity contribution in [2.24, 2.45) is 0 Å². The first kappa shape index (κ1) is 20.1. The van der Waals surface area contributed by atoms with Gasteiger partial charge in [-0.3, -0.25) is 14.4 Å². The molecule has 0 aromatic rings. The van der Waals surface area contributed by atoms with E-state index in [2.05, 4.69) is 0 Å². The molecular formula is C14H21IO8. The van der Waals surface area contributed by atoms with Crippen LogP contribution in [0.2, 0.25) is 0 Å². The number of hydrogen-bond acceptors (Lipinski definition) is 8. The van der Waals surface area contributed by atoms with Crippen molar-refractivity contribution >= 4 is 40.5 Å². The molecule has 0 amide bonds. The highest BCUT2D eigenvalue weighted by Crippen LogP contribution is 2.32. The highest BCUT2D eigenvalue weighted by atomic mass is 127. The maximum Gasteiger partial charge on any atom is 0.303 e.